The van der Waals surface area contributed by atoms with Crippen molar-refractivity contribution >= 4 is 73.3 Å². The molecule has 0 spiro atoms. The largest absolute Gasteiger partial charge is 0.467 e. The Labute approximate surface area is 168 Å². The average molecular weight is 455 g/mol. The highest BCUT2D eigenvalue weighted by molar-refractivity contribution is 9.10. The first-order valence-electron chi connectivity index (χ1n) is 7.81. The summed E-state index contributed by atoms with van der Waals surface area (Å²) >= 11 is 9.74. The minimum absolute atomic E-state index is 0.231. The monoisotopic (exact) mass is 454 g/mol. The van der Waals surface area contributed by atoms with Gasteiger partial charge in [-0.1, -0.05) is 39.9 Å². The summed E-state index contributed by atoms with van der Waals surface area (Å²) in [5, 5.41) is 0. The number of hydrogen-bond acceptors (Lipinski definition) is 6. The van der Waals surface area contributed by atoms with Gasteiger partial charge in [-0.2, -0.15) is 0 Å². The van der Waals surface area contributed by atoms with E-state index in [0.29, 0.717) is 17.7 Å². The van der Waals surface area contributed by atoms with E-state index in [2.05, 4.69) is 15.9 Å². The highest BCUT2D eigenvalue weighted by Crippen LogP contribution is 2.45. The number of rotatable bonds is 3. The minimum Gasteiger partial charge on any atom is -0.467 e. The molecule has 1 atom stereocenters. The van der Waals surface area contributed by atoms with E-state index in [1.807, 2.05) is 25.1 Å². The summed E-state index contributed by atoms with van der Waals surface area (Å²) in [4.78, 5) is 40.8. The Morgan fingerprint density at radius 2 is 2.04 bits per heavy atom. The molecular formula is C17H15BrN2O4S2. The maximum Gasteiger partial charge on any atom is 0.328 e. The molecule has 1 fully saturated rings. The normalized spacial score (nSPS) is 20.7. The summed E-state index contributed by atoms with van der Waals surface area (Å²) in [5.41, 5.74) is 1.75. The van der Waals surface area contributed by atoms with Crippen LogP contribution in [0.25, 0.3) is 5.57 Å². The maximum absolute atomic E-state index is 13.0. The predicted octanol–water partition coefficient (Wildman–Crippen LogP) is 2.95. The number of carbonyl (C=O) groups is 3. The zero-order valence-electron chi connectivity index (χ0n) is 14.2. The molecule has 26 heavy (non-hydrogen) atoms. The smallest absolute Gasteiger partial charge is 0.328 e. The van der Waals surface area contributed by atoms with Crippen LogP contribution in [0.3, 0.4) is 0 Å². The van der Waals surface area contributed by atoms with Crippen molar-refractivity contribution in [1.82, 2.24) is 4.90 Å². The Hall–Kier alpha value is -1.71. The lowest BCUT2D eigenvalue weighted by atomic mass is 10.1. The maximum atomic E-state index is 13.0. The van der Waals surface area contributed by atoms with Crippen LogP contribution in [0, 0.1) is 0 Å². The fraction of sp³-hybridized carbons (Fsp3) is 0.294. The van der Waals surface area contributed by atoms with Gasteiger partial charge in [0, 0.05) is 16.6 Å². The molecule has 0 aliphatic carbocycles. The van der Waals surface area contributed by atoms with E-state index in [1.165, 1.54) is 12.0 Å². The van der Waals surface area contributed by atoms with Gasteiger partial charge in [-0.25, -0.2) is 4.79 Å². The van der Waals surface area contributed by atoms with Crippen molar-refractivity contribution in [1.29, 1.82) is 0 Å². The third-order valence-corrected chi connectivity index (χ3v) is 6.14. The van der Waals surface area contributed by atoms with Crippen LogP contribution < -0.4 is 4.90 Å². The Bertz CT molecular complexity index is 884. The first-order valence-corrected chi connectivity index (χ1v) is 9.82. The summed E-state index contributed by atoms with van der Waals surface area (Å²) in [6, 6.07) is 4.65. The van der Waals surface area contributed by atoms with E-state index in [4.69, 9.17) is 17.0 Å². The highest BCUT2D eigenvalue weighted by atomic mass is 79.9. The van der Waals surface area contributed by atoms with Crippen molar-refractivity contribution in [2.24, 2.45) is 0 Å². The number of thiocarbonyl (C=S) groups is 1. The number of fused-ring (bicyclic) bond motifs is 1. The number of likely N-dealkylation sites (N-methyl/N-ethyl adjacent to an activating group) is 1. The van der Waals surface area contributed by atoms with Gasteiger partial charge in [0.05, 0.1) is 23.3 Å². The fourth-order valence-electron chi connectivity index (χ4n) is 2.98. The summed E-state index contributed by atoms with van der Waals surface area (Å²) < 4.78 is 5.75. The van der Waals surface area contributed by atoms with E-state index in [1.54, 1.807) is 11.8 Å². The molecule has 0 aromatic heterocycles. The number of ether oxygens (including phenoxy) is 1. The zero-order valence-corrected chi connectivity index (χ0v) is 17.5. The lowest BCUT2D eigenvalue weighted by Crippen LogP contribution is -2.42. The summed E-state index contributed by atoms with van der Waals surface area (Å²) in [6.45, 7) is 3.90. The first kappa shape index (κ1) is 19.1. The van der Waals surface area contributed by atoms with Crippen LogP contribution in [-0.4, -0.2) is 46.7 Å². The number of carbonyl (C=O) groups excluding carboxylic acids is 3. The molecule has 1 aromatic rings. The van der Waals surface area contributed by atoms with Crippen LogP contribution in [0.15, 0.2) is 27.6 Å². The molecule has 1 unspecified atom stereocenters. The van der Waals surface area contributed by atoms with Gasteiger partial charge in [-0.05, 0) is 32.0 Å². The van der Waals surface area contributed by atoms with E-state index < -0.39 is 17.9 Å². The molecule has 2 heterocycles. The number of benzene rings is 1. The molecule has 136 valence electrons. The van der Waals surface area contributed by atoms with Crippen molar-refractivity contribution in [3.05, 3.63) is 33.1 Å². The topological polar surface area (TPSA) is 66.9 Å². The highest BCUT2D eigenvalue weighted by Gasteiger charge is 2.44. The van der Waals surface area contributed by atoms with Gasteiger partial charge in [0.15, 0.2) is 0 Å². The van der Waals surface area contributed by atoms with Gasteiger partial charge in [0.2, 0.25) is 0 Å². The second kappa shape index (κ2) is 7.13. The number of anilines is 1. The molecule has 0 radical (unpaired) electrons. The molecule has 3 rings (SSSR count). The van der Waals surface area contributed by atoms with Crippen LogP contribution in [0.5, 0.6) is 0 Å². The molecule has 6 nitrogen and oxygen atoms in total. The van der Waals surface area contributed by atoms with E-state index in [-0.39, 0.29) is 15.1 Å². The molecule has 2 amide bonds. The van der Waals surface area contributed by atoms with Gasteiger partial charge >= 0.3 is 5.97 Å². The molecule has 2 aliphatic rings. The summed E-state index contributed by atoms with van der Waals surface area (Å²) in [6.07, 6.45) is 0. The van der Waals surface area contributed by atoms with Gasteiger partial charge < -0.3 is 9.64 Å². The Morgan fingerprint density at radius 1 is 1.35 bits per heavy atom. The lowest BCUT2D eigenvalue weighted by Gasteiger charge is -2.20. The second-order valence-corrected chi connectivity index (χ2v) is 8.22. The second-order valence-electron chi connectivity index (χ2n) is 5.66. The van der Waals surface area contributed by atoms with Gasteiger partial charge in [-0.15, -0.1) is 0 Å². The van der Waals surface area contributed by atoms with Crippen molar-refractivity contribution in [2.75, 3.05) is 18.6 Å². The number of thioether (sulfide) groups is 1. The van der Waals surface area contributed by atoms with Crippen LogP contribution in [0.1, 0.15) is 19.4 Å². The Kier molecular flexibility index (Phi) is 5.23. The first-order chi connectivity index (χ1) is 12.3. The van der Waals surface area contributed by atoms with Crippen molar-refractivity contribution < 1.29 is 19.1 Å². The Balaban J connectivity index is 2.13. The molecule has 1 aromatic carbocycles. The van der Waals surface area contributed by atoms with Gasteiger partial charge in [0.25, 0.3) is 11.8 Å². The number of hydrogen-bond donors (Lipinski definition) is 0. The quantitative estimate of drug-likeness (QED) is 0.397. The molecule has 1 saturated heterocycles. The SMILES string of the molecule is CCN1C(=O)/C(=C2\SC(=S)N(C(C)C(=O)OC)C2=O)c2cc(Br)ccc21. The van der Waals surface area contributed by atoms with Crippen molar-refractivity contribution in [3.63, 3.8) is 0 Å². The van der Waals surface area contributed by atoms with Gasteiger partial charge in [0.1, 0.15) is 10.4 Å². The molecule has 9 heteroatoms. The number of halogens is 1. The Morgan fingerprint density at radius 3 is 2.65 bits per heavy atom. The number of amides is 2. The van der Waals surface area contributed by atoms with E-state index >= 15 is 0 Å². The van der Waals surface area contributed by atoms with E-state index in [9.17, 15) is 14.4 Å². The summed E-state index contributed by atoms with van der Waals surface area (Å²) in [5.74, 6) is -1.26. The molecule has 0 N–H and O–H groups in total. The number of esters is 1. The fourth-order valence-corrected chi connectivity index (χ4v) is 4.83. The molecular weight excluding hydrogens is 440 g/mol. The number of methoxy groups -OCH3 is 1. The predicted molar refractivity (Wildman–Crippen MR) is 108 cm³/mol. The lowest BCUT2D eigenvalue weighted by molar-refractivity contribution is -0.147. The molecule has 0 saturated carbocycles. The summed E-state index contributed by atoms with van der Waals surface area (Å²) in [7, 11) is 1.25. The van der Waals surface area contributed by atoms with Crippen LogP contribution >= 0.6 is 39.9 Å². The third kappa shape index (κ3) is 2.87. The molecule has 0 bridgehead atoms. The van der Waals surface area contributed by atoms with Gasteiger partial charge in [-0.3, -0.25) is 14.5 Å². The average Bonchev–Trinajstić information content (AvgIpc) is 3.05. The van der Waals surface area contributed by atoms with Crippen molar-refractivity contribution in [2.45, 2.75) is 19.9 Å². The van der Waals surface area contributed by atoms with Crippen LogP contribution in [-0.2, 0) is 19.1 Å². The minimum atomic E-state index is -0.855. The number of nitrogens with zero attached hydrogens (tertiary/aromatic N) is 2. The van der Waals surface area contributed by atoms with Crippen LogP contribution in [0.4, 0.5) is 5.69 Å². The zero-order chi connectivity index (χ0) is 19.2. The standard InChI is InChI=1S/C17H15BrN2O4S2/c1-4-19-11-6-5-9(18)7-10(11)12(14(19)21)13-15(22)20(17(25)26-13)8(2)16(23)24-3/h5-8H,4H2,1-3H3/b13-12-. The van der Waals surface area contributed by atoms with Crippen molar-refractivity contribution in [3.8, 4) is 0 Å². The van der Waals surface area contributed by atoms with E-state index in [0.717, 1.165) is 21.9 Å². The van der Waals surface area contributed by atoms with Crippen LogP contribution in [0.2, 0.25) is 0 Å². The molecule has 2 aliphatic heterocycles. The third-order valence-electron chi connectivity index (χ3n) is 4.25.